The van der Waals surface area contributed by atoms with E-state index in [1.807, 2.05) is 25.1 Å². The lowest BCUT2D eigenvalue weighted by Crippen LogP contribution is -2.46. The molecule has 2 aromatic heterocycles. The molecule has 2 aliphatic heterocycles. The van der Waals surface area contributed by atoms with E-state index in [4.69, 9.17) is 14.5 Å². The number of nitrogens with zero attached hydrogens (tertiary/aromatic N) is 5. The molecule has 2 N–H and O–H groups in total. The number of fused-ring (bicyclic) bond motifs is 1. The van der Waals surface area contributed by atoms with Gasteiger partial charge in [0, 0.05) is 50.6 Å². The van der Waals surface area contributed by atoms with Crippen molar-refractivity contribution in [2.45, 2.75) is 20.4 Å². The molecular weight excluding hydrogens is 434 g/mol. The van der Waals surface area contributed by atoms with Crippen LogP contribution in [0.2, 0.25) is 0 Å². The number of hydrogen-bond acceptors (Lipinski definition) is 9. The Bertz CT molecular complexity index is 1220. The number of likely N-dealkylation sites (N-methyl/N-ethyl adjacent to an activating group) is 1. The smallest absolute Gasteiger partial charge is 0.252 e. The number of aromatic amines is 1. The van der Waals surface area contributed by atoms with Gasteiger partial charge < -0.3 is 24.6 Å². The number of piperazine rings is 1. The van der Waals surface area contributed by atoms with E-state index in [0.29, 0.717) is 31.4 Å². The molecule has 0 saturated carbocycles. The summed E-state index contributed by atoms with van der Waals surface area (Å²) in [4.78, 5) is 33.6. The lowest BCUT2D eigenvalue weighted by molar-refractivity contribution is 0.171. The highest BCUT2D eigenvalue weighted by atomic mass is 16.6. The van der Waals surface area contributed by atoms with Crippen LogP contribution in [-0.4, -0.2) is 70.8 Å². The van der Waals surface area contributed by atoms with Crippen molar-refractivity contribution < 1.29 is 9.47 Å². The number of H-pyrrole nitrogens is 1. The zero-order chi connectivity index (χ0) is 23.5. The Labute approximate surface area is 198 Å². The van der Waals surface area contributed by atoms with Gasteiger partial charge in [-0.1, -0.05) is 13.0 Å². The van der Waals surface area contributed by atoms with Gasteiger partial charge in [0.05, 0.1) is 11.4 Å². The number of ether oxygens (including phenoxy) is 2. The first-order chi connectivity index (χ1) is 16.6. The molecule has 0 unspecified atom stereocenters. The molecule has 0 bridgehead atoms. The maximum atomic E-state index is 12.3. The molecule has 1 fully saturated rings. The molecule has 4 heterocycles. The first-order valence-electron chi connectivity index (χ1n) is 11.6. The molecule has 0 atom stereocenters. The maximum absolute atomic E-state index is 12.3. The van der Waals surface area contributed by atoms with Crippen molar-refractivity contribution in [2.24, 2.45) is 0 Å². The van der Waals surface area contributed by atoms with E-state index in [9.17, 15) is 4.79 Å². The molecule has 0 spiro atoms. The van der Waals surface area contributed by atoms with Gasteiger partial charge in [0.15, 0.2) is 11.5 Å². The molecule has 1 aromatic carbocycles. The van der Waals surface area contributed by atoms with E-state index in [1.165, 1.54) is 6.07 Å². The van der Waals surface area contributed by atoms with Crippen LogP contribution in [0.3, 0.4) is 0 Å². The summed E-state index contributed by atoms with van der Waals surface area (Å²) in [7, 11) is 0. The molecule has 10 heteroatoms. The molecule has 0 radical (unpaired) electrons. The summed E-state index contributed by atoms with van der Waals surface area (Å²) in [6.07, 6.45) is 1.76. The van der Waals surface area contributed by atoms with Crippen LogP contribution >= 0.6 is 0 Å². The fourth-order valence-corrected chi connectivity index (χ4v) is 4.19. The minimum Gasteiger partial charge on any atom is -0.486 e. The van der Waals surface area contributed by atoms with Crippen molar-refractivity contribution in [3.05, 3.63) is 52.1 Å². The van der Waals surface area contributed by atoms with Crippen molar-refractivity contribution >= 4 is 11.9 Å². The van der Waals surface area contributed by atoms with Crippen LogP contribution in [0.1, 0.15) is 18.2 Å². The van der Waals surface area contributed by atoms with E-state index in [-0.39, 0.29) is 5.56 Å². The van der Waals surface area contributed by atoms with Crippen molar-refractivity contribution in [1.29, 1.82) is 0 Å². The predicted molar refractivity (Wildman–Crippen MR) is 130 cm³/mol. The number of hydrogen-bond donors (Lipinski definition) is 2. The highest BCUT2D eigenvalue weighted by molar-refractivity contribution is 5.62. The molecule has 0 amide bonds. The number of aromatic nitrogens is 4. The Morgan fingerprint density at radius 1 is 1.06 bits per heavy atom. The van der Waals surface area contributed by atoms with Gasteiger partial charge in [-0.2, -0.15) is 0 Å². The summed E-state index contributed by atoms with van der Waals surface area (Å²) in [6.45, 7) is 10.6. The minimum atomic E-state index is -0.242. The third-order valence-corrected chi connectivity index (χ3v) is 6.15. The van der Waals surface area contributed by atoms with Crippen LogP contribution in [0.25, 0.3) is 11.3 Å². The number of benzene rings is 1. The fourth-order valence-electron chi connectivity index (χ4n) is 4.19. The van der Waals surface area contributed by atoms with Gasteiger partial charge in [0.2, 0.25) is 11.9 Å². The first-order valence-corrected chi connectivity index (χ1v) is 11.6. The third-order valence-electron chi connectivity index (χ3n) is 6.15. The summed E-state index contributed by atoms with van der Waals surface area (Å²) in [6, 6.07) is 7.25. The summed E-state index contributed by atoms with van der Waals surface area (Å²) in [5.41, 5.74) is 2.81. The second kappa shape index (κ2) is 9.68. The number of nitrogens with one attached hydrogen (secondary N) is 2. The molecule has 2 aliphatic rings. The van der Waals surface area contributed by atoms with Crippen LogP contribution in [0.5, 0.6) is 11.5 Å². The minimum absolute atomic E-state index is 0.242. The fraction of sp³-hybridized carbons (Fsp3) is 0.417. The van der Waals surface area contributed by atoms with E-state index in [1.54, 1.807) is 6.20 Å². The zero-order valence-corrected chi connectivity index (χ0v) is 19.5. The average molecular weight is 464 g/mol. The second-order valence-corrected chi connectivity index (χ2v) is 8.40. The standard InChI is InChI=1S/C24H29N7O3/c1-3-30-6-8-31(9-7-30)24-26-15-18(16(2)27-24)19-13-22(32)29-23(28-19)25-14-17-4-5-20-21(12-17)34-11-10-33-20/h4-5,12-13,15H,3,6-11,14H2,1-2H3,(H2,25,28,29,32). The lowest BCUT2D eigenvalue weighted by atomic mass is 10.1. The van der Waals surface area contributed by atoms with Gasteiger partial charge in [0.1, 0.15) is 13.2 Å². The van der Waals surface area contributed by atoms with Crippen molar-refractivity contribution in [3.63, 3.8) is 0 Å². The Kier molecular flexibility index (Phi) is 6.31. The molecule has 178 valence electrons. The van der Waals surface area contributed by atoms with Crippen molar-refractivity contribution in [3.8, 4) is 22.8 Å². The predicted octanol–water partition coefficient (Wildman–Crippen LogP) is 2.06. The summed E-state index contributed by atoms with van der Waals surface area (Å²) >= 11 is 0. The molecule has 34 heavy (non-hydrogen) atoms. The van der Waals surface area contributed by atoms with Crippen molar-refractivity contribution in [1.82, 2.24) is 24.8 Å². The molecule has 0 aliphatic carbocycles. The highest BCUT2D eigenvalue weighted by Gasteiger charge is 2.19. The summed E-state index contributed by atoms with van der Waals surface area (Å²) < 4.78 is 11.2. The highest BCUT2D eigenvalue weighted by Crippen LogP contribution is 2.31. The largest absolute Gasteiger partial charge is 0.486 e. The Hall–Kier alpha value is -3.66. The van der Waals surface area contributed by atoms with Gasteiger partial charge in [-0.3, -0.25) is 9.78 Å². The van der Waals surface area contributed by atoms with E-state index in [0.717, 1.165) is 67.0 Å². The van der Waals surface area contributed by atoms with Gasteiger partial charge in [-0.15, -0.1) is 0 Å². The summed E-state index contributed by atoms with van der Waals surface area (Å²) in [5.74, 6) is 2.58. The van der Waals surface area contributed by atoms with Gasteiger partial charge in [0.25, 0.3) is 5.56 Å². The molecule has 3 aromatic rings. The quantitative estimate of drug-likeness (QED) is 0.568. The first kappa shape index (κ1) is 22.1. The molecule has 5 rings (SSSR count). The van der Waals surface area contributed by atoms with Gasteiger partial charge in [-0.25, -0.2) is 15.0 Å². The Morgan fingerprint density at radius 2 is 1.85 bits per heavy atom. The molecular formula is C24H29N7O3. The molecule has 1 saturated heterocycles. The average Bonchev–Trinajstić information content (AvgIpc) is 2.87. The van der Waals surface area contributed by atoms with Crippen LogP contribution in [0.4, 0.5) is 11.9 Å². The number of aryl methyl sites for hydroxylation is 1. The maximum Gasteiger partial charge on any atom is 0.252 e. The van der Waals surface area contributed by atoms with Crippen LogP contribution in [0, 0.1) is 6.92 Å². The van der Waals surface area contributed by atoms with Crippen LogP contribution in [-0.2, 0) is 6.54 Å². The monoisotopic (exact) mass is 463 g/mol. The number of rotatable bonds is 6. The summed E-state index contributed by atoms with van der Waals surface area (Å²) in [5, 5.41) is 3.19. The molecule has 10 nitrogen and oxygen atoms in total. The van der Waals surface area contributed by atoms with Crippen LogP contribution < -0.4 is 25.2 Å². The third kappa shape index (κ3) is 4.81. The van der Waals surface area contributed by atoms with E-state index >= 15 is 0 Å². The van der Waals surface area contributed by atoms with E-state index in [2.05, 4.69) is 37.0 Å². The zero-order valence-electron chi connectivity index (χ0n) is 19.5. The SMILES string of the molecule is CCN1CCN(c2ncc(-c3cc(=O)[nH]c(NCc4ccc5c(c4)OCCO5)n3)c(C)n2)CC1. The topological polar surface area (TPSA) is 108 Å². The van der Waals surface area contributed by atoms with Crippen molar-refractivity contribution in [2.75, 3.05) is 56.2 Å². The van der Waals surface area contributed by atoms with Crippen LogP contribution in [0.15, 0.2) is 35.3 Å². The van der Waals surface area contributed by atoms with Gasteiger partial charge in [-0.05, 0) is 31.2 Å². The second-order valence-electron chi connectivity index (χ2n) is 8.40. The van der Waals surface area contributed by atoms with Gasteiger partial charge >= 0.3 is 0 Å². The van der Waals surface area contributed by atoms with E-state index < -0.39 is 0 Å². The Balaban J connectivity index is 1.31. The normalized spacial score (nSPS) is 15.9. The Morgan fingerprint density at radius 3 is 2.62 bits per heavy atom. The lowest BCUT2D eigenvalue weighted by Gasteiger charge is -2.34. The number of anilines is 2.